The summed E-state index contributed by atoms with van der Waals surface area (Å²) in [6.07, 6.45) is 2.73. The van der Waals surface area contributed by atoms with Crippen LogP contribution < -0.4 is 19.4 Å². The van der Waals surface area contributed by atoms with Crippen LogP contribution in [0, 0.1) is 0 Å². The van der Waals surface area contributed by atoms with Crippen LogP contribution in [-0.4, -0.2) is 60.1 Å². The van der Waals surface area contributed by atoms with Crippen molar-refractivity contribution in [1.29, 1.82) is 0 Å². The maximum absolute atomic E-state index is 12.1. The van der Waals surface area contributed by atoms with Crippen LogP contribution in [-0.2, 0) is 14.8 Å². The summed E-state index contributed by atoms with van der Waals surface area (Å²) in [5.74, 6) is 0.137. The zero-order valence-corrected chi connectivity index (χ0v) is 15.6. The third-order valence-corrected chi connectivity index (χ3v) is 5.21. The summed E-state index contributed by atoms with van der Waals surface area (Å²) in [5, 5.41) is 4.14. The average molecular weight is 369 g/mol. The molecule has 0 aliphatic carbocycles. The molecule has 0 bridgehead atoms. The average Bonchev–Trinajstić information content (AvgIpc) is 2.58. The Hall–Kier alpha value is -2.13. The first-order valence-corrected chi connectivity index (χ1v) is 9.92. The number of quaternary nitrogens is 1. The number of methoxy groups -OCH3 is 1. The summed E-state index contributed by atoms with van der Waals surface area (Å²) in [6.45, 7) is 1.64. The van der Waals surface area contributed by atoms with Crippen molar-refractivity contribution in [2.75, 3.05) is 44.4 Å². The number of hydrogen-bond acceptors (Lipinski definition) is 5. The number of likely N-dealkylation sites (tertiary alicyclic amines) is 1. The van der Waals surface area contributed by atoms with Gasteiger partial charge in [0.15, 0.2) is 0 Å². The molecule has 1 aliphatic rings. The molecular formula is C16H25N4O4S+. The van der Waals surface area contributed by atoms with Gasteiger partial charge in [-0.15, -0.1) is 0 Å². The smallest absolute Gasteiger partial charge is 0.260 e. The molecular weight excluding hydrogens is 344 g/mol. The number of carbonyl (C=O) groups is 1. The van der Waals surface area contributed by atoms with E-state index in [4.69, 9.17) is 4.74 Å². The highest BCUT2D eigenvalue weighted by Crippen LogP contribution is 2.21. The van der Waals surface area contributed by atoms with Crippen LogP contribution in [0.5, 0.6) is 5.75 Å². The fourth-order valence-corrected chi connectivity index (χ4v) is 3.39. The molecule has 0 atom stereocenters. The number of anilines is 1. The lowest BCUT2D eigenvalue weighted by molar-refractivity contribution is -0.880. The van der Waals surface area contributed by atoms with Gasteiger partial charge in [0, 0.05) is 18.6 Å². The quantitative estimate of drug-likeness (QED) is 0.645. The second-order valence-corrected chi connectivity index (χ2v) is 8.04. The fraction of sp³-hybridized carbons (Fsp3) is 0.500. The number of hydrazone groups is 1. The second kappa shape index (κ2) is 8.30. The standard InChI is InChI=1S/C16H24N4O4S/c1-19-10-8-13(9-11-19)17-18-16(21)12-20(25(3,22)23)14-4-6-15(24-2)7-5-14/h4-7H,8-12H2,1-3H3,(H,18,21)/p+1. The van der Waals surface area contributed by atoms with Crippen molar-refractivity contribution in [1.82, 2.24) is 5.43 Å². The molecule has 0 unspecified atom stereocenters. The Morgan fingerprint density at radius 1 is 1.28 bits per heavy atom. The van der Waals surface area contributed by atoms with E-state index in [1.165, 1.54) is 12.0 Å². The molecule has 1 aromatic carbocycles. The first kappa shape index (κ1) is 19.2. The third kappa shape index (κ3) is 5.71. The van der Waals surface area contributed by atoms with Gasteiger partial charge in [-0.25, -0.2) is 13.8 Å². The number of benzene rings is 1. The van der Waals surface area contributed by atoms with E-state index in [0.717, 1.165) is 42.2 Å². The third-order valence-electron chi connectivity index (χ3n) is 4.07. The van der Waals surface area contributed by atoms with Crippen LogP contribution in [0.3, 0.4) is 0 Å². The lowest BCUT2D eigenvalue weighted by Gasteiger charge is -2.22. The van der Waals surface area contributed by atoms with Gasteiger partial charge >= 0.3 is 0 Å². The maximum atomic E-state index is 12.1. The largest absolute Gasteiger partial charge is 0.497 e. The lowest BCUT2D eigenvalue weighted by Crippen LogP contribution is -3.10. The number of hydrogen-bond donors (Lipinski definition) is 2. The van der Waals surface area contributed by atoms with Crippen LogP contribution in [0.15, 0.2) is 29.4 Å². The van der Waals surface area contributed by atoms with Crippen LogP contribution in [0.25, 0.3) is 0 Å². The molecule has 0 saturated carbocycles. The summed E-state index contributed by atoms with van der Waals surface area (Å²) in [6, 6.07) is 6.48. The van der Waals surface area contributed by atoms with Crippen molar-refractivity contribution in [3.8, 4) is 5.75 Å². The summed E-state index contributed by atoms with van der Waals surface area (Å²) in [7, 11) is 0.0443. The molecule has 2 rings (SSSR count). The van der Waals surface area contributed by atoms with Crippen LogP contribution >= 0.6 is 0 Å². The SMILES string of the molecule is COc1ccc(N(CC(=O)NN=C2CC[NH+](C)CC2)S(C)(=O)=O)cc1. The predicted molar refractivity (Wildman–Crippen MR) is 96.6 cm³/mol. The molecule has 8 nitrogen and oxygen atoms in total. The second-order valence-electron chi connectivity index (χ2n) is 6.14. The minimum absolute atomic E-state index is 0.326. The summed E-state index contributed by atoms with van der Waals surface area (Å²) in [5.41, 5.74) is 3.81. The Labute approximate surface area is 148 Å². The van der Waals surface area contributed by atoms with Gasteiger partial charge in [0.25, 0.3) is 5.91 Å². The zero-order valence-electron chi connectivity index (χ0n) is 14.8. The molecule has 1 fully saturated rings. The van der Waals surface area contributed by atoms with Gasteiger partial charge < -0.3 is 9.64 Å². The molecule has 1 aliphatic heterocycles. The Kier molecular flexibility index (Phi) is 6.38. The highest BCUT2D eigenvalue weighted by atomic mass is 32.2. The molecule has 138 valence electrons. The molecule has 2 N–H and O–H groups in total. The van der Waals surface area contributed by atoms with E-state index in [1.807, 2.05) is 0 Å². The lowest BCUT2D eigenvalue weighted by atomic mass is 10.1. The minimum Gasteiger partial charge on any atom is -0.497 e. The van der Waals surface area contributed by atoms with Gasteiger partial charge in [0.2, 0.25) is 10.0 Å². The van der Waals surface area contributed by atoms with Crippen molar-refractivity contribution >= 4 is 27.3 Å². The molecule has 1 aromatic rings. The zero-order chi connectivity index (χ0) is 18.4. The van der Waals surface area contributed by atoms with Gasteiger partial charge in [0.1, 0.15) is 12.3 Å². The summed E-state index contributed by atoms with van der Waals surface area (Å²) in [4.78, 5) is 13.6. The molecule has 0 aromatic heterocycles. The van der Waals surface area contributed by atoms with Crippen LogP contribution in [0.1, 0.15) is 12.8 Å². The van der Waals surface area contributed by atoms with E-state index in [1.54, 1.807) is 24.3 Å². The Morgan fingerprint density at radius 2 is 1.88 bits per heavy atom. The molecule has 0 spiro atoms. The van der Waals surface area contributed by atoms with E-state index in [-0.39, 0.29) is 6.54 Å². The van der Waals surface area contributed by atoms with Crippen molar-refractivity contribution in [2.24, 2.45) is 5.10 Å². The predicted octanol–water partition coefficient (Wildman–Crippen LogP) is -0.758. The van der Waals surface area contributed by atoms with Gasteiger partial charge in [-0.2, -0.15) is 5.10 Å². The van der Waals surface area contributed by atoms with Crippen LogP contribution in [0.2, 0.25) is 0 Å². The Balaban J connectivity index is 2.04. The van der Waals surface area contributed by atoms with E-state index in [2.05, 4.69) is 17.6 Å². The molecule has 1 amide bonds. The number of rotatable bonds is 6. The first-order valence-electron chi connectivity index (χ1n) is 8.07. The number of nitrogens with zero attached hydrogens (tertiary/aromatic N) is 2. The van der Waals surface area contributed by atoms with Crippen molar-refractivity contribution in [2.45, 2.75) is 12.8 Å². The molecule has 1 heterocycles. The number of nitrogens with one attached hydrogen (secondary N) is 2. The van der Waals surface area contributed by atoms with E-state index in [9.17, 15) is 13.2 Å². The number of amides is 1. The van der Waals surface area contributed by atoms with Gasteiger partial charge in [0.05, 0.1) is 39.2 Å². The van der Waals surface area contributed by atoms with Crippen molar-refractivity contribution in [3.63, 3.8) is 0 Å². The molecule has 9 heteroatoms. The molecule has 0 radical (unpaired) electrons. The monoisotopic (exact) mass is 369 g/mol. The van der Waals surface area contributed by atoms with Gasteiger partial charge in [-0.05, 0) is 24.3 Å². The molecule has 25 heavy (non-hydrogen) atoms. The summed E-state index contributed by atoms with van der Waals surface area (Å²) >= 11 is 0. The fourth-order valence-electron chi connectivity index (χ4n) is 2.53. The first-order chi connectivity index (χ1) is 11.8. The summed E-state index contributed by atoms with van der Waals surface area (Å²) < 4.78 is 30.2. The number of sulfonamides is 1. The minimum atomic E-state index is -3.60. The highest BCUT2D eigenvalue weighted by Gasteiger charge is 2.21. The van der Waals surface area contributed by atoms with E-state index in [0.29, 0.717) is 11.4 Å². The van der Waals surface area contributed by atoms with Crippen LogP contribution in [0.4, 0.5) is 5.69 Å². The van der Waals surface area contributed by atoms with E-state index >= 15 is 0 Å². The Morgan fingerprint density at radius 3 is 2.40 bits per heavy atom. The number of carbonyl (C=O) groups excluding carboxylic acids is 1. The Bertz CT molecular complexity index is 721. The molecule has 1 saturated heterocycles. The van der Waals surface area contributed by atoms with Crippen molar-refractivity contribution < 1.29 is 22.8 Å². The van der Waals surface area contributed by atoms with Gasteiger partial charge in [-0.3, -0.25) is 9.10 Å². The normalized spacial score (nSPS) is 17.7. The topological polar surface area (TPSA) is 92.5 Å². The van der Waals surface area contributed by atoms with E-state index < -0.39 is 15.9 Å². The number of piperidine rings is 1. The highest BCUT2D eigenvalue weighted by molar-refractivity contribution is 7.92. The number of ether oxygens (including phenoxy) is 1. The van der Waals surface area contributed by atoms with Crippen molar-refractivity contribution in [3.05, 3.63) is 24.3 Å². The maximum Gasteiger partial charge on any atom is 0.260 e. The van der Waals surface area contributed by atoms with Gasteiger partial charge in [-0.1, -0.05) is 0 Å².